The van der Waals surface area contributed by atoms with Crippen molar-refractivity contribution in [2.24, 2.45) is 11.8 Å². The lowest BCUT2D eigenvalue weighted by Crippen LogP contribution is -2.67. The minimum atomic E-state index is -0.0704. The van der Waals surface area contributed by atoms with Gasteiger partial charge in [-0.3, -0.25) is 19.5 Å². The van der Waals surface area contributed by atoms with Gasteiger partial charge in [-0.15, -0.1) is 0 Å². The molecule has 6 nitrogen and oxygen atoms in total. The third kappa shape index (κ3) is 3.67. The summed E-state index contributed by atoms with van der Waals surface area (Å²) in [4.78, 5) is 34.5. The molecule has 2 bridgehead atoms. The molecule has 0 radical (unpaired) electrons. The second-order valence-corrected chi connectivity index (χ2v) is 9.42. The van der Waals surface area contributed by atoms with Gasteiger partial charge in [-0.25, -0.2) is 0 Å². The van der Waals surface area contributed by atoms with Crippen molar-refractivity contribution in [2.45, 2.75) is 69.5 Å². The molecule has 1 aromatic rings. The molecule has 0 spiro atoms. The van der Waals surface area contributed by atoms with Crippen LogP contribution in [0.25, 0.3) is 0 Å². The quantitative estimate of drug-likeness (QED) is 0.849. The fraction of sp³-hybridized carbons (Fsp3) is 0.696. The van der Waals surface area contributed by atoms with Crippen molar-refractivity contribution in [1.82, 2.24) is 20.1 Å². The fourth-order valence-corrected chi connectivity index (χ4v) is 6.44. The monoisotopic (exact) mass is 396 g/mol. The number of pyridine rings is 1. The number of carbonyl (C=O) groups is 2. The molecule has 1 aromatic heterocycles. The molecule has 0 aromatic carbocycles. The van der Waals surface area contributed by atoms with Crippen LogP contribution in [0.1, 0.15) is 61.7 Å². The molecule has 3 saturated heterocycles. The fourth-order valence-electron chi connectivity index (χ4n) is 6.44. The molecule has 4 atom stereocenters. The summed E-state index contributed by atoms with van der Waals surface area (Å²) in [6.45, 7) is 2.79. The van der Waals surface area contributed by atoms with Gasteiger partial charge in [-0.1, -0.05) is 12.8 Å². The highest BCUT2D eigenvalue weighted by molar-refractivity contribution is 5.94. The zero-order valence-electron chi connectivity index (χ0n) is 17.1. The van der Waals surface area contributed by atoms with E-state index in [1.807, 2.05) is 0 Å². The first kappa shape index (κ1) is 19.0. The van der Waals surface area contributed by atoms with Crippen LogP contribution >= 0.6 is 0 Å². The molecular weight excluding hydrogens is 364 g/mol. The van der Waals surface area contributed by atoms with Crippen LogP contribution in [0.2, 0.25) is 0 Å². The van der Waals surface area contributed by atoms with E-state index in [0.717, 1.165) is 32.0 Å². The Morgan fingerprint density at radius 3 is 2.62 bits per heavy atom. The summed E-state index contributed by atoms with van der Waals surface area (Å²) in [5, 5.41) is 3.13. The van der Waals surface area contributed by atoms with E-state index in [1.54, 1.807) is 24.5 Å². The van der Waals surface area contributed by atoms with Crippen LogP contribution in [0.15, 0.2) is 24.5 Å². The maximum atomic E-state index is 12.9. The van der Waals surface area contributed by atoms with E-state index >= 15 is 0 Å². The average molecular weight is 397 g/mol. The van der Waals surface area contributed by atoms with E-state index in [9.17, 15) is 9.59 Å². The summed E-state index contributed by atoms with van der Waals surface area (Å²) in [6, 6.07) is 4.70. The Labute approximate surface area is 173 Å². The van der Waals surface area contributed by atoms with Gasteiger partial charge in [-0.2, -0.15) is 0 Å². The topological polar surface area (TPSA) is 65.5 Å². The van der Waals surface area contributed by atoms with Crippen LogP contribution in [0.3, 0.4) is 0 Å². The van der Waals surface area contributed by atoms with Crippen molar-refractivity contribution < 1.29 is 9.59 Å². The highest BCUT2D eigenvalue weighted by Crippen LogP contribution is 2.43. The Bertz CT molecular complexity index is 749. The van der Waals surface area contributed by atoms with Crippen LogP contribution in [0, 0.1) is 11.8 Å². The molecule has 1 N–H and O–H groups in total. The van der Waals surface area contributed by atoms with Gasteiger partial charge in [0.15, 0.2) is 0 Å². The Balaban J connectivity index is 1.34. The summed E-state index contributed by atoms with van der Waals surface area (Å²) in [6.07, 6.45) is 12.7. The number of likely N-dealkylation sites (tertiary alicyclic amines) is 1. The second kappa shape index (κ2) is 8.05. The number of nitrogens with zero attached hydrogens (tertiary/aromatic N) is 3. The molecule has 1 aliphatic carbocycles. The van der Waals surface area contributed by atoms with Gasteiger partial charge < -0.3 is 10.2 Å². The van der Waals surface area contributed by atoms with Gasteiger partial charge in [0.25, 0.3) is 5.91 Å². The smallest absolute Gasteiger partial charge is 0.251 e. The first-order chi connectivity index (χ1) is 14.2. The average Bonchev–Trinajstić information content (AvgIpc) is 3.29. The number of hydrogen-bond donors (Lipinski definition) is 1. The predicted molar refractivity (Wildman–Crippen MR) is 110 cm³/mol. The lowest BCUT2D eigenvalue weighted by molar-refractivity contribution is -0.153. The lowest BCUT2D eigenvalue weighted by Gasteiger charge is -2.57. The zero-order chi connectivity index (χ0) is 19.8. The van der Waals surface area contributed by atoms with E-state index in [4.69, 9.17) is 0 Å². The molecule has 29 heavy (non-hydrogen) atoms. The van der Waals surface area contributed by atoms with Gasteiger partial charge in [-0.05, 0) is 56.1 Å². The minimum absolute atomic E-state index is 0.0704. The SMILES string of the molecule is O=C(NC[C@H]1[C@H]2C[C@H](CN(C3CCCC3)C2)[C@@H]2CCCC(=O)N21)c1ccncc1. The third-order valence-electron chi connectivity index (χ3n) is 7.78. The van der Waals surface area contributed by atoms with E-state index in [1.165, 1.54) is 32.1 Å². The van der Waals surface area contributed by atoms with Crippen LogP contribution in [0.4, 0.5) is 0 Å². The Kier molecular flexibility index (Phi) is 5.29. The summed E-state index contributed by atoms with van der Waals surface area (Å²) in [7, 11) is 0. The minimum Gasteiger partial charge on any atom is -0.350 e. The molecule has 0 unspecified atom stereocenters. The standard InChI is InChI=1S/C23H32N4O2/c28-22-7-3-6-20-17-12-18(15-26(14-17)19-4-1-2-5-19)21(27(20)22)13-25-23(29)16-8-10-24-11-9-16/h8-11,17-21H,1-7,12-15H2,(H,25,29)/t17-,18+,20+,21+/m1/s1. The Morgan fingerprint density at radius 2 is 1.83 bits per heavy atom. The number of amides is 2. The van der Waals surface area contributed by atoms with Crippen molar-refractivity contribution in [2.75, 3.05) is 19.6 Å². The molecule has 4 aliphatic rings. The van der Waals surface area contributed by atoms with Gasteiger partial charge >= 0.3 is 0 Å². The van der Waals surface area contributed by atoms with E-state index in [0.29, 0.717) is 42.3 Å². The zero-order valence-corrected chi connectivity index (χ0v) is 17.1. The van der Waals surface area contributed by atoms with Gasteiger partial charge in [0.1, 0.15) is 0 Å². The number of carbonyl (C=O) groups excluding carboxylic acids is 2. The molecule has 3 aliphatic heterocycles. The molecule has 156 valence electrons. The van der Waals surface area contributed by atoms with Crippen molar-refractivity contribution in [3.63, 3.8) is 0 Å². The van der Waals surface area contributed by atoms with Crippen molar-refractivity contribution in [1.29, 1.82) is 0 Å². The normalized spacial score (nSPS) is 32.8. The largest absolute Gasteiger partial charge is 0.350 e. The number of fused-ring (bicyclic) bond motifs is 4. The highest BCUT2D eigenvalue weighted by Gasteiger charge is 2.50. The predicted octanol–water partition coefficient (Wildman–Crippen LogP) is 2.46. The van der Waals surface area contributed by atoms with Crippen LogP contribution in [-0.2, 0) is 4.79 Å². The lowest BCUT2D eigenvalue weighted by atomic mass is 9.71. The first-order valence-electron chi connectivity index (χ1n) is 11.4. The maximum Gasteiger partial charge on any atom is 0.251 e. The van der Waals surface area contributed by atoms with Crippen LogP contribution in [0.5, 0.6) is 0 Å². The summed E-state index contributed by atoms with van der Waals surface area (Å²) in [5.74, 6) is 1.29. The Morgan fingerprint density at radius 1 is 1.07 bits per heavy atom. The maximum absolute atomic E-state index is 12.9. The molecule has 4 heterocycles. The van der Waals surface area contributed by atoms with Crippen LogP contribution in [-0.4, -0.2) is 64.4 Å². The molecule has 1 saturated carbocycles. The summed E-state index contributed by atoms with van der Waals surface area (Å²) < 4.78 is 0. The van der Waals surface area contributed by atoms with E-state index in [2.05, 4.69) is 20.1 Å². The van der Waals surface area contributed by atoms with Gasteiger partial charge in [0.05, 0.1) is 6.04 Å². The van der Waals surface area contributed by atoms with E-state index < -0.39 is 0 Å². The number of piperidine rings is 3. The van der Waals surface area contributed by atoms with Gasteiger partial charge in [0, 0.05) is 56.1 Å². The van der Waals surface area contributed by atoms with Crippen molar-refractivity contribution in [3.05, 3.63) is 30.1 Å². The second-order valence-electron chi connectivity index (χ2n) is 9.42. The molecule has 2 amide bonds. The van der Waals surface area contributed by atoms with Crippen LogP contribution < -0.4 is 5.32 Å². The Hall–Kier alpha value is -1.95. The number of hydrogen-bond acceptors (Lipinski definition) is 4. The van der Waals surface area contributed by atoms with Crippen molar-refractivity contribution >= 4 is 11.8 Å². The molecule has 5 rings (SSSR count). The van der Waals surface area contributed by atoms with Crippen molar-refractivity contribution in [3.8, 4) is 0 Å². The third-order valence-corrected chi connectivity index (χ3v) is 7.78. The first-order valence-corrected chi connectivity index (χ1v) is 11.4. The summed E-state index contributed by atoms with van der Waals surface area (Å²) in [5.41, 5.74) is 0.631. The summed E-state index contributed by atoms with van der Waals surface area (Å²) >= 11 is 0. The molecular formula is C23H32N4O2. The number of aromatic nitrogens is 1. The highest BCUT2D eigenvalue weighted by atomic mass is 16.2. The van der Waals surface area contributed by atoms with E-state index in [-0.39, 0.29) is 11.9 Å². The van der Waals surface area contributed by atoms with Gasteiger partial charge in [0.2, 0.25) is 5.91 Å². The number of nitrogens with one attached hydrogen (secondary N) is 1. The molecule has 4 fully saturated rings. The number of rotatable bonds is 4. The molecule has 6 heteroatoms.